The first-order valence-corrected chi connectivity index (χ1v) is 5.38. The van der Waals surface area contributed by atoms with Crippen LogP contribution in [0, 0.1) is 0 Å². The Morgan fingerprint density at radius 3 is 2.22 bits per heavy atom. The molecule has 0 spiro atoms. The van der Waals surface area contributed by atoms with Gasteiger partial charge >= 0.3 is 0 Å². The summed E-state index contributed by atoms with van der Waals surface area (Å²) in [4.78, 5) is 27.4. The predicted octanol–water partition coefficient (Wildman–Crippen LogP) is -1.51. The van der Waals surface area contributed by atoms with Gasteiger partial charge in [-0.3, -0.25) is 9.59 Å². The lowest BCUT2D eigenvalue weighted by Crippen LogP contribution is -2.40. The molecule has 0 saturated carbocycles. The van der Waals surface area contributed by atoms with Gasteiger partial charge in [0.2, 0.25) is 11.8 Å². The van der Waals surface area contributed by atoms with Crippen molar-refractivity contribution in [1.82, 2.24) is 4.98 Å². The number of hydrogen-bond acceptors (Lipinski definition) is 5. The Kier molecular flexibility index (Phi) is 4.55. The summed E-state index contributed by atoms with van der Waals surface area (Å²) in [5.41, 5.74) is 16.3. The van der Waals surface area contributed by atoms with Crippen LogP contribution in [-0.2, 0) is 9.59 Å². The van der Waals surface area contributed by atoms with E-state index in [1.54, 1.807) is 12.1 Å². The smallest absolute Gasteiger partial charge is 0.237 e. The third-order valence-electron chi connectivity index (χ3n) is 2.05. The minimum atomic E-state index is -0.598. The first-order chi connectivity index (χ1) is 8.40. The fourth-order valence-electron chi connectivity index (χ4n) is 1.34. The molecule has 0 atom stereocenters. The number of hydrogen-bond donors (Lipinski definition) is 3. The fourth-order valence-corrected chi connectivity index (χ4v) is 1.47. The van der Waals surface area contributed by atoms with Crippen molar-refractivity contribution in [3.05, 3.63) is 23.9 Å². The summed E-state index contributed by atoms with van der Waals surface area (Å²) in [5.74, 6) is -0.838. The molecule has 6 N–H and O–H groups in total. The maximum atomic E-state index is 10.9. The Labute approximate surface area is 109 Å². The average Bonchev–Trinajstić information content (AvgIpc) is 2.27. The van der Waals surface area contributed by atoms with Gasteiger partial charge in [-0.05, 0) is 12.1 Å². The molecule has 1 aromatic heterocycles. The number of carbonyl (C=O) groups is 2. The second-order valence-electron chi connectivity index (χ2n) is 3.56. The number of nitrogens with zero attached hydrogens (tertiary/aromatic N) is 2. The normalized spacial score (nSPS) is 9.78. The maximum absolute atomic E-state index is 10.9. The van der Waals surface area contributed by atoms with Crippen LogP contribution < -0.4 is 22.1 Å². The lowest BCUT2D eigenvalue weighted by molar-refractivity contribution is -0.117. The standard InChI is InChI=1S/C10H13N5O2S/c11-7(16)4-15(5-8(12)17)9-3-6(10(13)18)1-2-14-9/h1-3H,4-5H2,(H2,11,16)(H2,12,17)(H2,13,18). The summed E-state index contributed by atoms with van der Waals surface area (Å²) in [6, 6.07) is 3.19. The third-order valence-corrected chi connectivity index (χ3v) is 2.28. The Morgan fingerprint density at radius 2 is 1.78 bits per heavy atom. The van der Waals surface area contributed by atoms with Crippen molar-refractivity contribution < 1.29 is 9.59 Å². The molecule has 0 aliphatic carbocycles. The van der Waals surface area contributed by atoms with Crippen molar-refractivity contribution in [2.45, 2.75) is 0 Å². The van der Waals surface area contributed by atoms with Gasteiger partial charge < -0.3 is 22.1 Å². The molecule has 1 heterocycles. The molecular weight excluding hydrogens is 254 g/mol. The summed E-state index contributed by atoms with van der Waals surface area (Å²) >= 11 is 4.83. The van der Waals surface area contributed by atoms with Crippen LogP contribution in [0.2, 0.25) is 0 Å². The van der Waals surface area contributed by atoms with Gasteiger partial charge in [-0.1, -0.05) is 12.2 Å². The molecule has 18 heavy (non-hydrogen) atoms. The molecule has 8 heteroatoms. The van der Waals surface area contributed by atoms with Crippen LogP contribution >= 0.6 is 12.2 Å². The summed E-state index contributed by atoms with van der Waals surface area (Å²) in [5, 5.41) is 0. The monoisotopic (exact) mass is 267 g/mol. The first kappa shape index (κ1) is 13.8. The summed E-state index contributed by atoms with van der Waals surface area (Å²) in [7, 11) is 0. The van der Waals surface area contributed by atoms with E-state index < -0.39 is 11.8 Å². The van der Waals surface area contributed by atoms with E-state index in [-0.39, 0.29) is 18.1 Å². The molecule has 0 aliphatic heterocycles. The number of nitrogens with two attached hydrogens (primary N) is 3. The molecule has 0 bridgehead atoms. The van der Waals surface area contributed by atoms with E-state index in [2.05, 4.69) is 4.98 Å². The van der Waals surface area contributed by atoms with E-state index in [0.29, 0.717) is 11.4 Å². The highest BCUT2D eigenvalue weighted by molar-refractivity contribution is 7.80. The van der Waals surface area contributed by atoms with Gasteiger partial charge in [0.1, 0.15) is 10.8 Å². The van der Waals surface area contributed by atoms with Crippen molar-refractivity contribution in [3.63, 3.8) is 0 Å². The van der Waals surface area contributed by atoms with Crippen molar-refractivity contribution in [3.8, 4) is 0 Å². The highest BCUT2D eigenvalue weighted by Gasteiger charge is 2.14. The number of pyridine rings is 1. The molecule has 96 valence electrons. The van der Waals surface area contributed by atoms with Crippen molar-refractivity contribution >= 4 is 34.8 Å². The maximum Gasteiger partial charge on any atom is 0.237 e. The highest BCUT2D eigenvalue weighted by Crippen LogP contribution is 2.12. The Morgan fingerprint density at radius 1 is 1.22 bits per heavy atom. The Hall–Kier alpha value is -2.22. The first-order valence-electron chi connectivity index (χ1n) is 4.97. The zero-order chi connectivity index (χ0) is 13.7. The zero-order valence-electron chi connectivity index (χ0n) is 9.50. The van der Waals surface area contributed by atoms with Crippen LogP contribution in [0.1, 0.15) is 5.56 Å². The highest BCUT2D eigenvalue weighted by atomic mass is 32.1. The molecule has 0 aromatic carbocycles. The molecule has 0 saturated heterocycles. The zero-order valence-corrected chi connectivity index (χ0v) is 10.3. The minimum Gasteiger partial charge on any atom is -0.389 e. The topological polar surface area (TPSA) is 128 Å². The van der Waals surface area contributed by atoms with Gasteiger partial charge in [0.25, 0.3) is 0 Å². The number of rotatable bonds is 6. The Balaban J connectivity index is 3.03. The minimum absolute atomic E-state index is 0.170. The van der Waals surface area contributed by atoms with Crippen LogP contribution in [0.4, 0.5) is 5.82 Å². The van der Waals surface area contributed by atoms with E-state index in [9.17, 15) is 9.59 Å². The third kappa shape index (κ3) is 3.98. The molecular formula is C10H13N5O2S. The predicted molar refractivity (Wildman–Crippen MR) is 70.7 cm³/mol. The van der Waals surface area contributed by atoms with Gasteiger partial charge in [-0.2, -0.15) is 0 Å². The molecule has 1 rings (SSSR count). The molecule has 1 aromatic rings. The van der Waals surface area contributed by atoms with Crippen LogP contribution in [0.25, 0.3) is 0 Å². The quantitative estimate of drug-likeness (QED) is 0.538. The average molecular weight is 267 g/mol. The largest absolute Gasteiger partial charge is 0.389 e. The lowest BCUT2D eigenvalue weighted by atomic mass is 10.2. The van der Waals surface area contributed by atoms with E-state index in [1.807, 2.05) is 0 Å². The second kappa shape index (κ2) is 5.92. The second-order valence-corrected chi connectivity index (χ2v) is 4.00. The number of carbonyl (C=O) groups excluding carboxylic acids is 2. The van der Waals surface area contributed by atoms with Crippen LogP contribution in [-0.4, -0.2) is 34.9 Å². The lowest BCUT2D eigenvalue weighted by Gasteiger charge is -2.20. The molecule has 2 amide bonds. The van der Waals surface area contributed by atoms with Gasteiger partial charge in [0, 0.05) is 11.8 Å². The summed E-state index contributed by atoms with van der Waals surface area (Å²) in [6.45, 7) is -0.340. The molecule has 7 nitrogen and oxygen atoms in total. The van der Waals surface area contributed by atoms with Gasteiger partial charge in [0.05, 0.1) is 13.1 Å². The molecule has 0 unspecified atom stereocenters. The van der Waals surface area contributed by atoms with E-state index >= 15 is 0 Å². The van der Waals surface area contributed by atoms with Crippen molar-refractivity contribution in [2.24, 2.45) is 17.2 Å². The van der Waals surface area contributed by atoms with Gasteiger partial charge in [0.15, 0.2) is 0 Å². The number of primary amides is 2. The van der Waals surface area contributed by atoms with E-state index in [0.717, 1.165) is 0 Å². The van der Waals surface area contributed by atoms with E-state index in [4.69, 9.17) is 29.4 Å². The summed E-state index contributed by atoms with van der Waals surface area (Å²) < 4.78 is 0. The SMILES string of the molecule is NC(=O)CN(CC(N)=O)c1cc(C(N)=S)ccn1. The van der Waals surface area contributed by atoms with Crippen molar-refractivity contribution in [1.29, 1.82) is 0 Å². The molecule has 0 radical (unpaired) electrons. The van der Waals surface area contributed by atoms with Crippen molar-refractivity contribution in [2.75, 3.05) is 18.0 Å². The molecule has 0 fully saturated rings. The fraction of sp³-hybridized carbons (Fsp3) is 0.200. The van der Waals surface area contributed by atoms with Crippen LogP contribution in [0.15, 0.2) is 18.3 Å². The number of aromatic nitrogens is 1. The van der Waals surface area contributed by atoms with Gasteiger partial charge in [-0.15, -0.1) is 0 Å². The van der Waals surface area contributed by atoms with Crippen LogP contribution in [0.3, 0.4) is 0 Å². The number of amides is 2. The Bertz CT molecular complexity index is 475. The number of anilines is 1. The van der Waals surface area contributed by atoms with Crippen LogP contribution in [0.5, 0.6) is 0 Å². The van der Waals surface area contributed by atoms with Gasteiger partial charge in [-0.25, -0.2) is 4.98 Å². The molecule has 0 aliphatic rings. The van der Waals surface area contributed by atoms with E-state index in [1.165, 1.54) is 11.1 Å². The number of thiocarbonyl (C=S) groups is 1. The summed E-state index contributed by atoms with van der Waals surface area (Å²) in [6.07, 6.45) is 1.47.